The fourth-order valence-corrected chi connectivity index (χ4v) is 3.21. The molecule has 1 aromatic carbocycles. The van der Waals surface area contributed by atoms with Crippen LogP contribution in [0.2, 0.25) is 0 Å². The SMILES string of the molecule is Cl.O=C(c1ccccc1)N1CCN(C(=O)[C@@H]2CCCNC2)CC1. The van der Waals surface area contributed by atoms with Crippen LogP contribution < -0.4 is 5.32 Å². The quantitative estimate of drug-likeness (QED) is 0.887. The second-order valence-corrected chi connectivity index (χ2v) is 6.03. The number of rotatable bonds is 2. The number of hydrogen-bond donors (Lipinski definition) is 1. The predicted molar refractivity (Wildman–Crippen MR) is 91.8 cm³/mol. The summed E-state index contributed by atoms with van der Waals surface area (Å²) in [5, 5.41) is 3.29. The molecular formula is C17H24ClN3O2. The van der Waals surface area contributed by atoms with Crippen molar-refractivity contribution >= 4 is 24.2 Å². The van der Waals surface area contributed by atoms with Crippen molar-refractivity contribution in [3.63, 3.8) is 0 Å². The van der Waals surface area contributed by atoms with Gasteiger partial charge in [0.05, 0.1) is 5.92 Å². The van der Waals surface area contributed by atoms with Gasteiger partial charge in [-0.25, -0.2) is 0 Å². The lowest BCUT2D eigenvalue weighted by molar-refractivity contribution is -0.137. The van der Waals surface area contributed by atoms with Crippen molar-refractivity contribution in [1.82, 2.24) is 15.1 Å². The Labute approximate surface area is 143 Å². The van der Waals surface area contributed by atoms with Gasteiger partial charge in [0.2, 0.25) is 5.91 Å². The Balaban J connectivity index is 0.00000192. The molecule has 2 saturated heterocycles. The fraction of sp³-hybridized carbons (Fsp3) is 0.529. The molecule has 23 heavy (non-hydrogen) atoms. The van der Waals surface area contributed by atoms with E-state index in [1.165, 1.54) is 0 Å². The third-order valence-electron chi connectivity index (χ3n) is 4.55. The number of halogens is 1. The van der Waals surface area contributed by atoms with Crippen molar-refractivity contribution in [1.29, 1.82) is 0 Å². The van der Waals surface area contributed by atoms with Gasteiger partial charge in [-0.2, -0.15) is 0 Å². The first kappa shape index (κ1) is 17.8. The molecule has 0 aliphatic carbocycles. The molecule has 2 heterocycles. The molecule has 1 N–H and O–H groups in total. The third kappa shape index (κ3) is 4.24. The first-order valence-corrected chi connectivity index (χ1v) is 8.09. The average molecular weight is 338 g/mol. The van der Waals surface area contributed by atoms with Gasteiger partial charge >= 0.3 is 0 Å². The first-order chi connectivity index (χ1) is 10.8. The summed E-state index contributed by atoms with van der Waals surface area (Å²) >= 11 is 0. The Kier molecular flexibility index (Phi) is 6.42. The Morgan fingerprint density at radius 3 is 2.26 bits per heavy atom. The van der Waals surface area contributed by atoms with Gasteiger partial charge in [-0.05, 0) is 31.5 Å². The van der Waals surface area contributed by atoms with E-state index in [2.05, 4.69) is 5.32 Å². The molecular weight excluding hydrogens is 314 g/mol. The summed E-state index contributed by atoms with van der Waals surface area (Å²) in [6, 6.07) is 9.35. The summed E-state index contributed by atoms with van der Waals surface area (Å²) in [5.41, 5.74) is 0.721. The fourth-order valence-electron chi connectivity index (χ4n) is 3.21. The van der Waals surface area contributed by atoms with Crippen LogP contribution in [0.1, 0.15) is 23.2 Å². The molecule has 0 aromatic heterocycles. The number of nitrogens with one attached hydrogen (secondary N) is 1. The maximum Gasteiger partial charge on any atom is 0.253 e. The minimum absolute atomic E-state index is 0. The predicted octanol–water partition coefficient (Wildman–Crippen LogP) is 1.39. The van der Waals surface area contributed by atoms with Gasteiger partial charge in [0.15, 0.2) is 0 Å². The number of hydrogen-bond acceptors (Lipinski definition) is 3. The maximum absolute atomic E-state index is 12.5. The largest absolute Gasteiger partial charge is 0.339 e. The number of carbonyl (C=O) groups is 2. The van der Waals surface area contributed by atoms with Crippen molar-refractivity contribution in [3.05, 3.63) is 35.9 Å². The molecule has 1 atom stereocenters. The van der Waals surface area contributed by atoms with Crippen LogP contribution in [0.3, 0.4) is 0 Å². The van der Waals surface area contributed by atoms with Gasteiger partial charge in [-0.15, -0.1) is 12.4 Å². The second-order valence-electron chi connectivity index (χ2n) is 6.03. The Bertz CT molecular complexity index is 524. The third-order valence-corrected chi connectivity index (χ3v) is 4.55. The van der Waals surface area contributed by atoms with Crippen molar-refractivity contribution in [2.75, 3.05) is 39.3 Å². The summed E-state index contributed by atoms with van der Waals surface area (Å²) in [5.74, 6) is 0.427. The molecule has 3 rings (SSSR count). The number of carbonyl (C=O) groups excluding carboxylic acids is 2. The van der Waals surface area contributed by atoms with Crippen LogP contribution in [0.4, 0.5) is 0 Å². The summed E-state index contributed by atoms with van der Waals surface area (Å²) < 4.78 is 0. The standard InChI is InChI=1S/C17H23N3O2.ClH/c21-16(14-5-2-1-3-6-14)19-9-11-20(12-10-19)17(22)15-7-4-8-18-13-15;/h1-3,5-6,15,18H,4,7-13H2;1H/t15-;/m1./s1. The molecule has 126 valence electrons. The number of amides is 2. The minimum Gasteiger partial charge on any atom is -0.339 e. The number of piperazine rings is 1. The summed E-state index contributed by atoms with van der Waals surface area (Å²) in [7, 11) is 0. The zero-order chi connectivity index (χ0) is 15.4. The molecule has 0 spiro atoms. The number of nitrogens with zero attached hydrogens (tertiary/aromatic N) is 2. The molecule has 2 amide bonds. The summed E-state index contributed by atoms with van der Waals surface area (Å²) in [6.07, 6.45) is 2.05. The van der Waals surface area contributed by atoms with E-state index < -0.39 is 0 Å². The van der Waals surface area contributed by atoms with Crippen LogP contribution in [0.5, 0.6) is 0 Å². The molecule has 5 nitrogen and oxygen atoms in total. The van der Waals surface area contributed by atoms with E-state index in [1.54, 1.807) is 0 Å². The van der Waals surface area contributed by atoms with Crippen LogP contribution in [-0.2, 0) is 4.79 Å². The molecule has 2 aliphatic rings. The van der Waals surface area contributed by atoms with E-state index in [0.29, 0.717) is 26.2 Å². The summed E-state index contributed by atoms with van der Waals surface area (Å²) in [6.45, 7) is 4.35. The van der Waals surface area contributed by atoms with Gasteiger partial charge in [0, 0.05) is 38.3 Å². The van der Waals surface area contributed by atoms with E-state index in [0.717, 1.165) is 31.5 Å². The Morgan fingerprint density at radius 1 is 1.00 bits per heavy atom. The van der Waals surface area contributed by atoms with Crippen molar-refractivity contribution in [3.8, 4) is 0 Å². The molecule has 0 unspecified atom stereocenters. The van der Waals surface area contributed by atoms with Crippen molar-refractivity contribution in [2.45, 2.75) is 12.8 Å². The Hall–Kier alpha value is -1.59. The molecule has 2 fully saturated rings. The van der Waals surface area contributed by atoms with E-state index >= 15 is 0 Å². The molecule has 1 aromatic rings. The van der Waals surface area contributed by atoms with Crippen LogP contribution in [-0.4, -0.2) is 60.9 Å². The summed E-state index contributed by atoms with van der Waals surface area (Å²) in [4.78, 5) is 28.6. The lowest BCUT2D eigenvalue weighted by Gasteiger charge is -2.37. The van der Waals surface area contributed by atoms with Crippen LogP contribution in [0.15, 0.2) is 30.3 Å². The minimum atomic E-state index is 0. The van der Waals surface area contributed by atoms with Gasteiger partial charge in [0.25, 0.3) is 5.91 Å². The topological polar surface area (TPSA) is 52.7 Å². The van der Waals surface area contributed by atoms with Gasteiger partial charge < -0.3 is 15.1 Å². The van der Waals surface area contributed by atoms with Gasteiger partial charge in [0.1, 0.15) is 0 Å². The van der Waals surface area contributed by atoms with Crippen LogP contribution in [0.25, 0.3) is 0 Å². The van der Waals surface area contributed by atoms with Crippen LogP contribution in [0, 0.1) is 5.92 Å². The zero-order valence-corrected chi connectivity index (χ0v) is 14.1. The highest BCUT2D eigenvalue weighted by Crippen LogP contribution is 2.16. The first-order valence-electron chi connectivity index (χ1n) is 8.09. The average Bonchev–Trinajstić information content (AvgIpc) is 2.62. The smallest absolute Gasteiger partial charge is 0.253 e. The Morgan fingerprint density at radius 2 is 1.65 bits per heavy atom. The van der Waals surface area contributed by atoms with E-state index in [9.17, 15) is 9.59 Å². The van der Waals surface area contributed by atoms with E-state index in [-0.39, 0.29) is 30.1 Å². The highest BCUT2D eigenvalue weighted by atomic mass is 35.5. The van der Waals surface area contributed by atoms with E-state index in [1.807, 2.05) is 40.1 Å². The van der Waals surface area contributed by atoms with Crippen molar-refractivity contribution in [2.24, 2.45) is 5.92 Å². The van der Waals surface area contributed by atoms with Crippen molar-refractivity contribution < 1.29 is 9.59 Å². The normalized spacial score (nSPS) is 21.5. The number of piperidine rings is 1. The highest BCUT2D eigenvalue weighted by Gasteiger charge is 2.29. The van der Waals surface area contributed by atoms with E-state index in [4.69, 9.17) is 0 Å². The maximum atomic E-state index is 12.5. The monoisotopic (exact) mass is 337 g/mol. The van der Waals surface area contributed by atoms with Crippen LogP contribution >= 0.6 is 12.4 Å². The molecule has 6 heteroatoms. The molecule has 2 aliphatic heterocycles. The molecule has 0 bridgehead atoms. The number of benzene rings is 1. The van der Waals surface area contributed by atoms with Gasteiger partial charge in [-0.1, -0.05) is 18.2 Å². The lowest BCUT2D eigenvalue weighted by Crippen LogP contribution is -2.53. The highest BCUT2D eigenvalue weighted by molar-refractivity contribution is 5.94. The molecule has 0 saturated carbocycles. The zero-order valence-electron chi connectivity index (χ0n) is 13.2. The van der Waals surface area contributed by atoms with Gasteiger partial charge in [-0.3, -0.25) is 9.59 Å². The lowest BCUT2D eigenvalue weighted by atomic mass is 9.98. The second kappa shape index (κ2) is 8.31. The molecule has 0 radical (unpaired) electrons.